The van der Waals surface area contributed by atoms with Gasteiger partial charge in [0.05, 0.1) is 0 Å². The van der Waals surface area contributed by atoms with Crippen LogP contribution in [0, 0.1) is 11.8 Å². The Bertz CT molecular complexity index is 363. The zero-order valence-electron chi connectivity index (χ0n) is 11.8. The summed E-state index contributed by atoms with van der Waals surface area (Å²) in [6.45, 7) is 8.94. The fourth-order valence-electron chi connectivity index (χ4n) is 3.31. The Morgan fingerprint density at radius 2 is 1.89 bits per heavy atom. The van der Waals surface area contributed by atoms with Crippen LogP contribution in [0.15, 0.2) is 30.3 Å². The zero-order valence-corrected chi connectivity index (χ0v) is 11.8. The van der Waals surface area contributed by atoms with E-state index in [0.717, 1.165) is 11.8 Å². The van der Waals surface area contributed by atoms with E-state index < -0.39 is 0 Å². The van der Waals surface area contributed by atoms with Gasteiger partial charge in [0.25, 0.3) is 0 Å². The van der Waals surface area contributed by atoms with Crippen molar-refractivity contribution in [1.82, 2.24) is 4.90 Å². The lowest BCUT2D eigenvalue weighted by Crippen LogP contribution is -2.49. The SMILES string of the molecule is CC1CC(C)C(C)N(C(CN)c2ccccc2)C1. The number of benzene rings is 1. The smallest absolute Gasteiger partial charge is 0.0473 e. The van der Waals surface area contributed by atoms with Gasteiger partial charge in [-0.1, -0.05) is 44.2 Å². The molecule has 0 aromatic heterocycles. The van der Waals surface area contributed by atoms with Crippen molar-refractivity contribution in [2.75, 3.05) is 13.1 Å². The summed E-state index contributed by atoms with van der Waals surface area (Å²) in [6, 6.07) is 11.7. The molecule has 1 aromatic carbocycles. The van der Waals surface area contributed by atoms with Crippen LogP contribution < -0.4 is 5.73 Å². The van der Waals surface area contributed by atoms with Gasteiger partial charge in [0.15, 0.2) is 0 Å². The second-order valence-corrected chi connectivity index (χ2v) is 5.92. The number of hydrogen-bond acceptors (Lipinski definition) is 2. The summed E-state index contributed by atoms with van der Waals surface area (Å²) in [7, 11) is 0. The molecule has 4 unspecified atom stereocenters. The summed E-state index contributed by atoms with van der Waals surface area (Å²) >= 11 is 0. The minimum atomic E-state index is 0.367. The first kappa shape index (κ1) is 13.6. The topological polar surface area (TPSA) is 29.3 Å². The molecule has 0 aliphatic carbocycles. The second kappa shape index (κ2) is 5.85. The second-order valence-electron chi connectivity index (χ2n) is 5.92. The first-order valence-corrected chi connectivity index (χ1v) is 7.14. The van der Waals surface area contributed by atoms with Crippen molar-refractivity contribution in [2.45, 2.75) is 39.3 Å². The number of nitrogens with zero attached hydrogens (tertiary/aromatic N) is 1. The summed E-state index contributed by atoms with van der Waals surface area (Å²) in [5.41, 5.74) is 7.40. The maximum atomic E-state index is 6.05. The minimum Gasteiger partial charge on any atom is -0.329 e. The molecular weight excluding hydrogens is 220 g/mol. The number of nitrogens with two attached hydrogens (primary N) is 1. The van der Waals surface area contributed by atoms with Gasteiger partial charge in [0, 0.05) is 25.2 Å². The fourth-order valence-corrected chi connectivity index (χ4v) is 3.31. The molecule has 4 atom stereocenters. The maximum absolute atomic E-state index is 6.05. The van der Waals surface area contributed by atoms with Gasteiger partial charge in [-0.15, -0.1) is 0 Å². The first-order valence-electron chi connectivity index (χ1n) is 7.14. The average Bonchev–Trinajstić information content (AvgIpc) is 2.37. The van der Waals surface area contributed by atoms with Crippen LogP contribution in [-0.4, -0.2) is 24.0 Å². The Morgan fingerprint density at radius 3 is 2.50 bits per heavy atom. The van der Waals surface area contributed by atoms with E-state index in [2.05, 4.69) is 56.0 Å². The van der Waals surface area contributed by atoms with Gasteiger partial charge in [0.1, 0.15) is 0 Å². The van der Waals surface area contributed by atoms with E-state index in [0.29, 0.717) is 18.6 Å². The van der Waals surface area contributed by atoms with Gasteiger partial charge in [-0.05, 0) is 30.7 Å². The zero-order chi connectivity index (χ0) is 13.1. The largest absolute Gasteiger partial charge is 0.329 e. The van der Waals surface area contributed by atoms with Crippen LogP contribution in [0.3, 0.4) is 0 Å². The van der Waals surface area contributed by atoms with Crippen molar-refractivity contribution in [3.05, 3.63) is 35.9 Å². The van der Waals surface area contributed by atoms with Gasteiger partial charge in [-0.3, -0.25) is 4.90 Å². The van der Waals surface area contributed by atoms with Crippen molar-refractivity contribution in [3.63, 3.8) is 0 Å². The summed E-state index contributed by atoms with van der Waals surface area (Å²) < 4.78 is 0. The number of hydrogen-bond donors (Lipinski definition) is 1. The molecule has 1 aromatic rings. The van der Waals surface area contributed by atoms with Crippen LogP contribution in [0.5, 0.6) is 0 Å². The number of rotatable bonds is 3. The van der Waals surface area contributed by atoms with Crippen LogP contribution >= 0.6 is 0 Å². The third-order valence-corrected chi connectivity index (χ3v) is 4.45. The van der Waals surface area contributed by atoms with Gasteiger partial charge in [-0.2, -0.15) is 0 Å². The van der Waals surface area contributed by atoms with E-state index in [1.54, 1.807) is 0 Å². The lowest BCUT2D eigenvalue weighted by atomic mass is 9.84. The molecule has 1 heterocycles. The summed E-state index contributed by atoms with van der Waals surface area (Å²) in [5, 5.41) is 0. The third-order valence-electron chi connectivity index (χ3n) is 4.45. The molecule has 0 saturated carbocycles. The van der Waals surface area contributed by atoms with Gasteiger partial charge in [0.2, 0.25) is 0 Å². The first-order chi connectivity index (χ1) is 8.63. The standard InChI is InChI=1S/C16H26N2/c1-12-9-13(2)14(3)18(11-12)16(10-17)15-7-5-4-6-8-15/h4-8,12-14,16H,9-11,17H2,1-3H3. The van der Waals surface area contributed by atoms with Crippen molar-refractivity contribution in [1.29, 1.82) is 0 Å². The molecular formula is C16H26N2. The Balaban J connectivity index is 2.21. The van der Waals surface area contributed by atoms with E-state index >= 15 is 0 Å². The molecule has 1 fully saturated rings. The van der Waals surface area contributed by atoms with Gasteiger partial charge in [-0.25, -0.2) is 0 Å². The molecule has 1 aliphatic heterocycles. The highest BCUT2D eigenvalue weighted by Gasteiger charge is 2.33. The highest BCUT2D eigenvalue weighted by atomic mass is 15.2. The molecule has 0 amide bonds. The third kappa shape index (κ3) is 2.76. The molecule has 1 saturated heterocycles. The average molecular weight is 246 g/mol. The van der Waals surface area contributed by atoms with E-state index in [9.17, 15) is 0 Å². The van der Waals surface area contributed by atoms with Crippen LogP contribution in [0.2, 0.25) is 0 Å². The predicted molar refractivity (Wildman–Crippen MR) is 77.4 cm³/mol. The molecule has 0 spiro atoms. The molecule has 2 nitrogen and oxygen atoms in total. The minimum absolute atomic E-state index is 0.367. The van der Waals surface area contributed by atoms with Crippen LogP contribution in [-0.2, 0) is 0 Å². The fraction of sp³-hybridized carbons (Fsp3) is 0.625. The van der Waals surface area contributed by atoms with Crippen LogP contribution in [0.1, 0.15) is 38.8 Å². The number of likely N-dealkylation sites (tertiary alicyclic amines) is 1. The van der Waals surface area contributed by atoms with Crippen LogP contribution in [0.25, 0.3) is 0 Å². The molecule has 2 heteroatoms. The van der Waals surface area contributed by atoms with E-state index in [1.165, 1.54) is 18.5 Å². The Morgan fingerprint density at radius 1 is 1.22 bits per heavy atom. The molecule has 18 heavy (non-hydrogen) atoms. The van der Waals surface area contributed by atoms with Gasteiger partial charge < -0.3 is 5.73 Å². The van der Waals surface area contributed by atoms with Crippen molar-refractivity contribution in [2.24, 2.45) is 17.6 Å². The highest BCUT2D eigenvalue weighted by molar-refractivity contribution is 5.20. The monoisotopic (exact) mass is 246 g/mol. The van der Waals surface area contributed by atoms with E-state index in [4.69, 9.17) is 5.73 Å². The molecule has 0 bridgehead atoms. The normalized spacial score (nSPS) is 31.2. The van der Waals surface area contributed by atoms with Crippen molar-refractivity contribution >= 4 is 0 Å². The quantitative estimate of drug-likeness (QED) is 0.888. The van der Waals surface area contributed by atoms with Crippen molar-refractivity contribution < 1.29 is 0 Å². The van der Waals surface area contributed by atoms with E-state index in [1.807, 2.05) is 0 Å². The Kier molecular flexibility index (Phi) is 4.41. The molecule has 100 valence electrons. The summed E-state index contributed by atoms with van der Waals surface area (Å²) in [6.07, 6.45) is 1.34. The van der Waals surface area contributed by atoms with Crippen LogP contribution in [0.4, 0.5) is 0 Å². The van der Waals surface area contributed by atoms with Gasteiger partial charge >= 0.3 is 0 Å². The predicted octanol–water partition coefficient (Wildman–Crippen LogP) is 3.05. The maximum Gasteiger partial charge on any atom is 0.0473 e. The van der Waals surface area contributed by atoms with E-state index in [-0.39, 0.29) is 0 Å². The molecule has 0 radical (unpaired) electrons. The molecule has 2 N–H and O–H groups in total. The molecule has 2 rings (SSSR count). The lowest BCUT2D eigenvalue weighted by Gasteiger charge is -2.45. The summed E-state index contributed by atoms with van der Waals surface area (Å²) in [4.78, 5) is 2.61. The Hall–Kier alpha value is -0.860. The van der Waals surface area contributed by atoms with Crippen molar-refractivity contribution in [3.8, 4) is 0 Å². The molecule has 1 aliphatic rings. The highest BCUT2D eigenvalue weighted by Crippen LogP contribution is 2.33. The lowest BCUT2D eigenvalue weighted by molar-refractivity contribution is 0.0424. The Labute approximate surface area is 111 Å². The summed E-state index contributed by atoms with van der Waals surface area (Å²) in [5.74, 6) is 1.53. The number of piperidine rings is 1.